The summed E-state index contributed by atoms with van der Waals surface area (Å²) in [4.78, 5) is 18.8. The molecule has 1 N–H and O–H groups in total. The maximum atomic E-state index is 13.3. The molecule has 1 atom stereocenters. The van der Waals surface area contributed by atoms with Gasteiger partial charge in [0.2, 0.25) is 0 Å². The van der Waals surface area contributed by atoms with E-state index in [2.05, 4.69) is 48.3 Å². The third-order valence-electron chi connectivity index (χ3n) is 5.47. The zero-order valence-corrected chi connectivity index (χ0v) is 15.1. The number of fused-ring (bicyclic) bond motifs is 2. The van der Waals surface area contributed by atoms with Crippen LogP contribution < -0.4 is 0 Å². The van der Waals surface area contributed by atoms with Gasteiger partial charge in [-0.25, -0.2) is 0 Å². The van der Waals surface area contributed by atoms with Gasteiger partial charge < -0.3 is 9.88 Å². The highest BCUT2D eigenvalue weighted by molar-refractivity contribution is 6.01. The van der Waals surface area contributed by atoms with E-state index in [0.29, 0.717) is 6.54 Å². The number of carbonyl (C=O) groups is 1. The van der Waals surface area contributed by atoms with Crippen LogP contribution in [0.2, 0.25) is 0 Å². The lowest BCUT2D eigenvalue weighted by Crippen LogP contribution is -2.28. The number of hydrogen-bond donors (Lipinski definition) is 1. The van der Waals surface area contributed by atoms with Crippen molar-refractivity contribution in [3.8, 4) is 0 Å². The summed E-state index contributed by atoms with van der Waals surface area (Å²) in [6.07, 6.45) is 0. The molecule has 1 aliphatic heterocycles. The summed E-state index contributed by atoms with van der Waals surface area (Å²) in [5, 5.41) is 1.18. The average Bonchev–Trinajstić information content (AvgIpc) is 3.17. The van der Waals surface area contributed by atoms with Gasteiger partial charge >= 0.3 is 0 Å². The minimum absolute atomic E-state index is 0.0787. The summed E-state index contributed by atoms with van der Waals surface area (Å²) in [6, 6.07) is 26.5. The van der Waals surface area contributed by atoms with Crippen LogP contribution in [0.25, 0.3) is 10.9 Å². The second-order valence-corrected chi connectivity index (χ2v) is 7.12. The topological polar surface area (TPSA) is 36.1 Å². The molecule has 5 rings (SSSR count). The van der Waals surface area contributed by atoms with Gasteiger partial charge in [0.1, 0.15) is 0 Å². The molecule has 0 saturated heterocycles. The summed E-state index contributed by atoms with van der Waals surface area (Å²) < 4.78 is 0. The summed E-state index contributed by atoms with van der Waals surface area (Å²) in [5.74, 6) is 0.101. The van der Waals surface area contributed by atoms with Crippen molar-refractivity contribution in [1.29, 1.82) is 0 Å². The molecule has 4 aromatic rings. The predicted molar refractivity (Wildman–Crippen MR) is 108 cm³/mol. The Balaban J connectivity index is 1.71. The van der Waals surface area contributed by atoms with Crippen molar-refractivity contribution in [2.75, 3.05) is 0 Å². The minimum atomic E-state index is -0.0787. The van der Waals surface area contributed by atoms with Gasteiger partial charge in [-0.3, -0.25) is 4.79 Å². The number of benzene rings is 3. The van der Waals surface area contributed by atoms with Gasteiger partial charge in [-0.05, 0) is 30.2 Å². The average molecular weight is 352 g/mol. The molecule has 3 aromatic carbocycles. The molecule has 1 aliphatic rings. The minimum Gasteiger partial charge on any atom is -0.358 e. The van der Waals surface area contributed by atoms with Crippen LogP contribution in [0.4, 0.5) is 0 Å². The maximum absolute atomic E-state index is 13.3. The maximum Gasteiger partial charge on any atom is 0.255 e. The molecule has 2 heterocycles. The molecule has 0 saturated carbocycles. The number of amides is 1. The van der Waals surface area contributed by atoms with Gasteiger partial charge in [0, 0.05) is 34.3 Å². The zero-order valence-electron chi connectivity index (χ0n) is 15.1. The van der Waals surface area contributed by atoms with E-state index in [1.807, 2.05) is 47.4 Å². The molecule has 27 heavy (non-hydrogen) atoms. The van der Waals surface area contributed by atoms with E-state index in [-0.39, 0.29) is 11.9 Å². The Morgan fingerprint density at radius 3 is 2.44 bits per heavy atom. The predicted octanol–water partition coefficient (Wildman–Crippen LogP) is 5.22. The third kappa shape index (κ3) is 2.47. The first kappa shape index (κ1) is 15.9. The zero-order chi connectivity index (χ0) is 18.4. The molecule has 1 amide bonds. The largest absolute Gasteiger partial charge is 0.358 e. The fraction of sp³-hybridized carbons (Fsp3) is 0.125. The second kappa shape index (κ2) is 6.13. The number of nitrogens with one attached hydrogen (secondary N) is 1. The fourth-order valence-corrected chi connectivity index (χ4v) is 4.28. The highest BCUT2D eigenvalue weighted by Crippen LogP contribution is 2.43. The van der Waals surface area contributed by atoms with Crippen LogP contribution in [0.5, 0.6) is 0 Å². The molecule has 132 valence electrons. The van der Waals surface area contributed by atoms with Crippen molar-refractivity contribution in [2.45, 2.75) is 19.5 Å². The highest BCUT2D eigenvalue weighted by atomic mass is 16.2. The molecular formula is C24H20N2O. The van der Waals surface area contributed by atoms with Crippen molar-refractivity contribution in [3.63, 3.8) is 0 Å². The molecule has 0 aliphatic carbocycles. The number of hydrogen-bond acceptors (Lipinski definition) is 1. The first-order chi connectivity index (χ1) is 13.2. The first-order valence-electron chi connectivity index (χ1n) is 9.25. The quantitative estimate of drug-likeness (QED) is 0.539. The van der Waals surface area contributed by atoms with Gasteiger partial charge in [0.15, 0.2) is 0 Å². The second-order valence-electron chi connectivity index (χ2n) is 7.12. The van der Waals surface area contributed by atoms with Crippen molar-refractivity contribution < 1.29 is 4.79 Å². The van der Waals surface area contributed by atoms with Crippen molar-refractivity contribution in [1.82, 2.24) is 9.88 Å². The van der Waals surface area contributed by atoms with Crippen molar-refractivity contribution >= 4 is 16.8 Å². The van der Waals surface area contributed by atoms with E-state index in [0.717, 1.165) is 27.9 Å². The van der Waals surface area contributed by atoms with Gasteiger partial charge in [-0.1, -0.05) is 66.7 Å². The first-order valence-corrected chi connectivity index (χ1v) is 9.25. The van der Waals surface area contributed by atoms with Crippen LogP contribution in [0.15, 0.2) is 78.9 Å². The SMILES string of the molecule is Cc1[nH]c2ccccc2c1C1c2ccccc2C(=O)N1Cc1ccccc1. The summed E-state index contributed by atoms with van der Waals surface area (Å²) >= 11 is 0. The molecule has 0 spiro atoms. The lowest BCUT2D eigenvalue weighted by molar-refractivity contribution is 0.0736. The number of nitrogens with zero attached hydrogens (tertiary/aromatic N) is 1. The van der Waals surface area contributed by atoms with Crippen LogP contribution in [-0.2, 0) is 6.54 Å². The third-order valence-corrected chi connectivity index (χ3v) is 5.47. The number of aromatic amines is 1. The summed E-state index contributed by atoms with van der Waals surface area (Å²) in [6.45, 7) is 2.69. The van der Waals surface area contributed by atoms with Crippen LogP contribution in [0.1, 0.15) is 38.8 Å². The van der Waals surface area contributed by atoms with Crippen LogP contribution in [0.3, 0.4) is 0 Å². The number of para-hydroxylation sites is 1. The Hall–Kier alpha value is -3.33. The Bertz CT molecular complexity index is 1140. The lowest BCUT2D eigenvalue weighted by atomic mass is 9.95. The van der Waals surface area contributed by atoms with Crippen LogP contribution in [0, 0.1) is 6.92 Å². The normalized spacial score (nSPS) is 16.1. The Morgan fingerprint density at radius 2 is 1.59 bits per heavy atom. The van der Waals surface area contributed by atoms with E-state index in [9.17, 15) is 4.79 Å². The molecule has 0 radical (unpaired) electrons. The molecule has 0 bridgehead atoms. The number of H-pyrrole nitrogens is 1. The van der Waals surface area contributed by atoms with Gasteiger partial charge in [-0.15, -0.1) is 0 Å². The van der Waals surface area contributed by atoms with Crippen molar-refractivity contribution in [2.24, 2.45) is 0 Å². The monoisotopic (exact) mass is 352 g/mol. The highest BCUT2D eigenvalue weighted by Gasteiger charge is 2.39. The molecular weight excluding hydrogens is 332 g/mol. The Morgan fingerprint density at radius 1 is 0.889 bits per heavy atom. The van der Waals surface area contributed by atoms with E-state index in [1.165, 1.54) is 10.9 Å². The Labute approximate surface area is 158 Å². The van der Waals surface area contributed by atoms with Crippen LogP contribution >= 0.6 is 0 Å². The number of aryl methyl sites for hydroxylation is 1. The van der Waals surface area contributed by atoms with Crippen LogP contribution in [-0.4, -0.2) is 15.8 Å². The number of carbonyl (C=O) groups excluding carboxylic acids is 1. The van der Waals surface area contributed by atoms with E-state index in [1.54, 1.807) is 0 Å². The molecule has 3 nitrogen and oxygen atoms in total. The summed E-state index contributed by atoms with van der Waals surface area (Å²) in [7, 11) is 0. The van der Waals surface area contributed by atoms with E-state index >= 15 is 0 Å². The van der Waals surface area contributed by atoms with Gasteiger partial charge in [0.05, 0.1) is 6.04 Å². The standard InChI is InChI=1S/C24H20N2O/c1-16-22(20-13-7-8-14-21(20)25-16)23-18-11-5-6-12-19(18)24(27)26(23)15-17-9-3-2-4-10-17/h2-14,23,25H,15H2,1H3. The molecule has 3 heteroatoms. The van der Waals surface area contributed by atoms with E-state index in [4.69, 9.17) is 0 Å². The van der Waals surface area contributed by atoms with Gasteiger partial charge in [0.25, 0.3) is 5.91 Å². The molecule has 1 aromatic heterocycles. The number of aromatic nitrogens is 1. The smallest absolute Gasteiger partial charge is 0.255 e. The summed E-state index contributed by atoms with van der Waals surface area (Å²) in [5.41, 5.74) is 6.46. The molecule has 0 fully saturated rings. The molecule has 1 unspecified atom stereocenters. The van der Waals surface area contributed by atoms with Crippen molar-refractivity contribution in [3.05, 3.63) is 107 Å². The Kier molecular flexibility index (Phi) is 3.61. The van der Waals surface area contributed by atoms with E-state index < -0.39 is 0 Å². The fourth-order valence-electron chi connectivity index (χ4n) is 4.28. The number of rotatable bonds is 3. The van der Waals surface area contributed by atoms with Gasteiger partial charge in [-0.2, -0.15) is 0 Å². The lowest BCUT2D eigenvalue weighted by Gasteiger charge is -2.26.